The number of esters is 1. The number of hydrogen-bond donors (Lipinski definition) is 0. The monoisotopic (exact) mass is 561 g/mol. The Labute approximate surface area is 214 Å². The van der Waals surface area contributed by atoms with Crippen LogP contribution in [0.3, 0.4) is 0 Å². The fraction of sp³-hybridized carbons (Fsp3) is 0.222. The molecule has 3 aromatic carbocycles. The minimum Gasteiger partial charge on any atom is -0.491 e. The predicted molar refractivity (Wildman–Crippen MR) is 134 cm³/mol. The maximum absolute atomic E-state index is 13.1. The first kappa shape index (κ1) is 25.6. The summed E-state index contributed by atoms with van der Waals surface area (Å²) in [6.45, 7) is 5.76. The van der Waals surface area contributed by atoms with Crippen molar-refractivity contribution in [1.29, 1.82) is 0 Å². The van der Waals surface area contributed by atoms with Crippen LogP contribution >= 0.6 is 15.9 Å². The largest absolute Gasteiger partial charge is 0.491 e. The molecule has 0 fully saturated rings. The minimum absolute atomic E-state index is 0.00283. The first-order chi connectivity index (χ1) is 17.1. The van der Waals surface area contributed by atoms with Gasteiger partial charge in [-0.3, -0.25) is 0 Å². The van der Waals surface area contributed by atoms with Crippen molar-refractivity contribution in [2.24, 2.45) is 0 Å². The summed E-state index contributed by atoms with van der Waals surface area (Å²) in [7, 11) is 0. The van der Waals surface area contributed by atoms with Crippen molar-refractivity contribution < 1.29 is 32.2 Å². The number of hydrogen-bond acceptors (Lipinski definition) is 4. The fourth-order valence-corrected chi connectivity index (χ4v) is 4.43. The van der Waals surface area contributed by atoms with E-state index in [2.05, 4.69) is 15.9 Å². The number of carbonyl (C=O) groups is 1. The SMILES string of the molecule is CCOC(=O)c1c(Br)c2ccc(Oc3cccc(C(F)(F)F)c3)cc2n1-c1ccc(OC(C)C)cc1. The van der Waals surface area contributed by atoms with Gasteiger partial charge in [0.25, 0.3) is 0 Å². The van der Waals surface area contributed by atoms with Crippen LogP contribution < -0.4 is 9.47 Å². The van der Waals surface area contributed by atoms with Crippen LogP contribution in [0.4, 0.5) is 13.2 Å². The van der Waals surface area contributed by atoms with Gasteiger partial charge in [0.05, 0.1) is 28.3 Å². The quantitative estimate of drug-likeness (QED) is 0.213. The molecule has 188 valence electrons. The Bertz CT molecular complexity index is 1390. The molecule has 0 bridgehead atoms. The van der Waals surface area contributed by atoms with Crippen LogP contribution in [-0.4, -0.2) is 23.2 Å². The Morgan fingerprint density at radius 3 is 2.28 bits per heavy atom. The highest BCUT2D eigenvalue weighted by Crippen LogP contribution is 2.38. The summed E-state index contributed by atoms with van der Waals surface area (Å²) in [5, 5.41) is 0.706. The number of halogens is 4. The average molecular weight is 562 g/mol. The smallest absolute Gasteiger partial charge is 0.416 e. The molecule has 0 N–H and O–H groups in total. The molecule has 36 heavy (non-hydrogen) atoms. The van der Waals surface area contributed by atoms with E-state index < -0.39 is 17.7 Å². The summed E-state index contributed by atoms with van der Waals surface area (Å²) in [5.41, 5.74) is 0.745. The lowest BCUT2D eigenvalue weighted by Crippen LogP contribution is -2.12. The molecule has 0 radical (unpaired) electrons. The van der Waals surface area contributed by atoms with Gasteiger partial charge < -0.3 is 18.8 Å². The molecule has 0 aliphatic rings. The van der Waals surface area contributed by atoms with Gasteiger partial charge in [0.1, 0.15) is 22.9 Å². The van der Waals surface area contributed by atoms with Gasteiger partial charge in [0.15, 0.2) is 0 Å². The third-order valence-electron chi connectivity index (χ3n) is 5.21. The zero-order valence-electron chi connectivity index (χ0n) is 19.7. The van der Waals surface area contributed by atoms with Crippen LogP contribution in [0.2, 0.25) is 0 Å². The van der Waals surface area contributed by atoms with Gasteiger partial charge in [-0.15, -0.1) is 0 Å². The topological polar surface area (TPSA) is 49.7 Å². The second-order valence-electron chi connectivity index (χ2n) is 8.19. The molecule has 0 unspecified atom stereocenters. The van der Waals surface area contributed by atoms with Gasteiger partial charge in [-0.2, -0.15) is 13.2 Å². The standard InChI is InChI=1S/C27H23BrF3NO4/c1-4-34-26(33)25-24(28)22-13-12-21(36-20-7-5-6-17(14-20)27(29,30)31)15-23(22)32(25)18-8-10-19(11-9-18)35-16(2)3/h5-16H,4H2,1-3H3. The molecule has 0 spiro atoms. The van der Waals surface area contributed by atoms with Gasteiger partial charge in [-0.1, -0.05) is 6.07 Å². The number of aromatic nitrogens is 1. The molecular formula is C27H23BrF3NO4. The number of carbonyl (C=O) groups excluding carboxylic acids is 1. The van der Waals surface area contributed by atoms with E-state index in [1.807, 2.05) is 26.0 Å². The van der Waals surface area contributed by atoms with Crippen molar-refractivity contribution in [2.75, 3.05) is 6.61 Å². The molecular weight excluding hydrogens is 539 g/mol. The first-order valence-corrected chi connectivity index (χ1v) is 12.0. The number of alkyl halides is 3. The van der Waals surface area contributed by atoms with Gasteiger partial charge in [0, 0.05) is 17.1 Å². The van der Waals surface area contributed by atoms with Crippen molar-refractivity contribution in [1.82, 2.24) is 4.57 Å². The second kappa shape index (κ2) is 10.3. The van der Waals surface area contributed by atoms with E-state index in [-0.39, 0.29) is 24.2 Å². The summed E-state index contributed by atoms with van der Waals surface area (Å²) in [6, 6.07) is 16.9. The molecule has 5 nitrogen and oxygen atoms in total. The lowest BCUT2D eigenvalue weighted by molar-refractivity contribution is -0.137. The predicted octanol–water partition coefficient (Wildman–Crippen LogP) is 8.17. The highest BCUT2D eigenvalue weighted by molar-refractivity contribution is 9.10. The van der Waals surface area contributed by atoms with Crippen LogP contribution in [0, 0.1) is 0 Å². The molecule has 0 saturated heterocycles. The summed E-state index contributed by atoms with van der Waals surface area (Å²) < 4.78 is 58.4. The summed E-state index contributed by atoms with van der Waals surface area (Å²) >= 11 is 3.53. The fourth-order valence-electron chi connectivity index (χ4n) is 3.76. The van der Waals surface area contributed by atoms with Gasteiger partial charge in [-0.05, 0) is 91.3 Å². The van der Waals surface area contributed by atoms with E-state index in [1.54, 1.807) is 41.8 Å². The molecule has 1 heterocycles. The lowest BCUT2D eigenvalue weighted by Gasteiger charge is -2.14. The second-order valence-corrected chi connectivity index (χ2v) is 8.98. The molecule has 0 saturated carbocycles. The third-order valence-corrected chi connectivity index (χ3v) is 6.01. The molecule has 0 atom stereocenters. The van der Waals surface area contributed by atoms with E-state index in [0.29, 0.717) is 32.6 Å². The van der Waals surface area contributed by atoms with Crippen molar-refractivity contribution in [3.05, 3.63) is 82.5 Å². The van der Waals surface area contributed by atoms with Gasteiger partial charge >= 0.3 is 12.1 Å². The normalized spacial score (nSPS) is 11.7. The zero-order valence-corrected chi connectivity index (χ0v) is 21.3. The van der Waals surface area contributed by atoms with Crippen molar-refractivity contribution in [2.45, 2.75) is 33.1 Å². The Morgan fingerprint density at radius 2 is 1.64 bits per heavy atom. The zero-order chi connectivity index (χ0) is 26.0. The molecule has 0 amide bonds. The number of fused-ring (bicyclic) bond motifs is 1. The number of rotatable bonds is 7. The molecule has 0 aliphatic carbocycles. The maximum Gasteiger partial charge on any atom is 0.416 e. The highest BCUT2D eigenvalue weighted by Gasteiger charge is 2.30. The van der Waals surface area contributed by atoms with Crippen LogP contribution in [0.5, 0.6) is 17.2 Å². The molecule has 0 aliphatic heterocycles. The molecule has 1 aromatic heterocycles. The van der Waals surface area contributed by atoms with Crippen LogP contribution in [0.1, 0.15) is 36.8 Å². The number of nitrogens with zero attached hydrogens (tertiary/aromatic N) is 1. The van der Waals surface area contributed by atoms with Crippen molar-refractivity contribution >= 4 is 32.8 Å². The summed E-state index contributed by atoms with van der Waals surface area (Å²) in [6.07, 6.45) is -4.48. The summed E-state index contributed by atoms with van der Waals surface area (Å²) in [4.78, 5) is 12.9. The van der Waals surface area contributed by atoms with E-state index in [9.17, 15) is 18.0 Å². The Kier molecular flexibility index (Phi) is 7.31. The van der Waals surface area contributed by atoms with Crippen molar-refractivity contribution in [3.8, 4) is 22.9 Å². The third kappa shape index (κ3) is 5.36. The van der Waals surface area contributed by atoms with Crippen LogP contribution in [0.15, 0.2) is 71.2 Å². The lowest BCUT2D eigenvalue weighted by atomic mass is 10.2. The van der Waals surface area contributed by atoms with Gasteiger partial charge in [-0.25, -0.2) is 4.79 Å². The van der Waals surface area contributed by atoms with Crippen LogP contribution in [-0.2, 0) is 10.9 Å². The number of ether oxygens (including phenoxy) is 3. The molecule has 9 heteroatoms. The van der Waals surface area contributed by atoms with Gasteiger partial charge in [0.2, 0.25) is 0 Å². The van der Waals surface area contributed by atoms with E-state index in [0.717, 1.165) is 12.1 Å². The van der Waals surface area contributed by atoms with Crippen LogP contribution in [0.25, 0.3) is 16.6 Å². The Balaban J connectivity index is 1.82. The summed E-state index contributed by atoms with van der Waals surface area (Å²) in [5.74, 6) is 0.504. The Morgan fingerprint density at radius 1 is 0.972 bits per heavy atom. The first-order valence-electron chi connectivity index (χ1n) is 11.2. The average Bonchev–Trinajstić information content (AvgIpc) is 3.11. The van der Waals surface area contributed by atoms with E-state index in [1.165, 1.54) is 12.1 Å². The highest BCUT2D eigenvalue weighted by atomic mass is 79.9. The number of benzene rings is 3. The van der Waals surface area contributed by atoms with E-state index >= 15 is 0 Å². The molecule has 4 rings (SSSR count). The van der Waals surface area contributed by atoms with Crippen molar-refractivity contribution in [3.63, 3.8) is 0 Å². The molecule has 4 aromatic rings. The minimum atomic E-state index is -4.48. The maximum atomic E-state index is 13.1. The Hall–Kier alpha value is -3.46. The van der Waals surface area contributed by atoms with E-state index in [4.69, 9.17) is 14.2 Å².